The van der Waals surface area contributed by atoms with Crippen LogP contribution in [0.1, 0.15) is 22.8 Å². The SMILES string of the molecule is CN(C)C(=O)Cc1c(OC(F)(F)F)ccc(C(=O)NC2(C)N=NN=N2)c1Cl. The molecule has 1 N–H and O–H groups in total. The van der Waals surface area contributed by atoms with Gasteiger partial charge in [-0.3, -0.25) is 9.59 Å². The van der Waals surface area contributed by atoms with Gasteiger partial charge in [0.1, 0.15) is 5.75 Å². The van der Waals surface area contributed by atoms with Crippen molar-refractivity contribution in [2.45, 2.75) is 25.5 Å². The first-order chi connectivity index (χ1) is 12.4. The number of halogens is 4. The fraction of sp³-hybridized carbons (Fsp3) is 0.429. The van der Waals surface area contributed by atoms with Gasteiger partial charge in [0.2, 0.25) is 5.91 Å². The van der Waals surface area contributed by atoms with Crippen LogP contribution in [0.4, 0.5) is 13.2 Å². The predicted octanol–water partition coefficient (Wildman–Crippen LogP) is 3.11. The Hall–Kier alpha value is -2.76. The summed E-state index contributed by atoms with van der Waals surface area (Å²) in [6, 6.07) is 1.95. The van der Waals surface area contributed by atoms with Gasteiger partial charge < -0.3 is 15.0 Å². The van der Waals surface area contributed by atoms with E-state index in [0.29, 0.717) is 0 Å². The summed E-state index contributed by atoms with van der Waals surface area (Å²) in [6.07, 6.45) is -5.50. The van der Waals surface area contributed by atoms with Gasteiger partial charge in [-0.2, -0.15) is 0 Å². The Morgan fingerprint density at radius 2 is 1.85 bits per heavy atom. The number of amides is 2. The van der Waals surface area contributed by atoms with Crippen molar-refractivity contribution in [2.75, 3.05) is 14.1 Å². The highest BCUT2D eigenvalue weighted by atomic mass is 35.5. The first-order valence-electron chi connectivity index (χ1n) is 7.36. The number of carbonyl (C=O) groups is 2. The first-order valence-corrected chi connectivity index (χ1v) is 7.73. The van der Waals surface area contributed by atoms with Crippen LogP contribution >= 0.6 is 11.6 Å². The second-order valence-electron chi connectivity index (χ2n) is 5.77. The van der Waals surface area contributed by atoms with E-state index in [1.54, 1.807) is 0 Å². The molecular weight excluding hydrogens is 393 g/mol. The maximum Gasteiger partial charge on any atom is 0.573 e. The van der Waals surface area contributed by atoms with Crippen molar-refractivity contribution >= 4 is 23.4 Å². The van der Waals surface area contributed by atoms with Gasteiger partial charge in [0.15, 0.2) is 0 Å². The molecule has 0 aliphatic carbocycles. The molecule has 9 nitrogen and oxygen atoms in total. The van der Waals surface area contributed by atoms with E-state index in [2.05, 4.69) is 30.7 Å². The molecule has 0 fully saturated rings. The van der Waals surface area contributed by atoms with Gasteiger partial charge in [0.05, 0.1) is 17.0 Å². The summed E-state index contributed by atoms with van der Waals surface area (Å²) in [4.78, 5) is 25.6. The molecule has 0 saturated carbocycles. The Bertz CT molecular complexity index is 813. The number of nitrogens with one attached hydrogen (secondary N) is 1. The highest BCUT2D eigenvalue weighted by molar-refractivity contribution is 6.35. The minimum atomic E-state index is -5.00. The molecule has 0 unspecified atom stereocenters. The van der Waals surface area contributed by atoms with Crippen LogP contribution in [0.3, 0.4) is 0 Å². The number of hydrogen-bond acceptors (Lipinski definition) is 7. The van der Waals surface area contributed by atoms with E-state index in [4.69, 9.17) is 11.6 Å². The minimum absolute atomic E-state index is 0.189. The van der Waals surface area contributed by atoms with Crippen LogP contribution in [-0.4, -0.2) is 43.0 Å². The Labute approximate surface area is 156 Å². The maximum atomic E-state index is 12.6. The van der Waals surface area contributed by atoms with Gasteiger partial charge in [0.25, 0.3) is 11.7 Å². The molecule has 1 aliphatic rings. The number of benzene rings is 1. The molecule has 13 heteroatoms. The van der Waals surface area contributed by atoms with E-state index in [0.717, 1.165) is 12.1 Å². The summed E-state index contributed by atoms with van der Waals surface area (Å²) < 4.78 is 41.9. The quantitative estimate of drug-likeness (QED) is 0.811. The maximum absolute atomic E-state index is 12.6. The molecule has 2 rings (SSSR count). The number of nitrogens with zero attached hydrogens (tertiary/aromatic N) is 5. The van der Waals surface area contributed by atoms with E-state index in [9.17, 15) is 22.8 Å². The number of ether oxygens (including phenoxy) is 1. The summed E-state index contributed by atoms with van der Waals surface area (Å²) in [5.74, 6) is -3.46. The first kappa shape index (κ1) is 20.6. The van der Waals surface area contributed by atoms with E-state index in [-0.39, 0.29) is 16.1 Å². The molecule has 27 heavy (non-hydrogen) atoms. The van der Waals surface area contributed by atoms with Crippen molar-refractivity contribution in [3.05, 3.63) is 28.3 Å². The molecule has 2 amide bonds. The molecule has 0 radical (unpaired) electrons. The summed E-state index contributed by atoms with van der Waals surface area (Å²) in [7, 11) is 2.85. The topological polar surface area (TPSA) is 108 Å². The summed E-state index contributed by atoms with van der Waals surface area (Å²) >= 11 is 6.13. The number of alkyl halides is 3. The van der Waals surface area contributed by atoms with Gasteiger partial charge in [-0.25, -0.2) is 0 Å². The normalized spacial score (nSPS) is 14.9. The summed E-state index contributed by atoms with van der Waals surface area (Å²) in [6.45, 7) is 1.40. The lowest BCUT2D eigenvalue weighted by atomic mass is 10.0. The van der Waals surface area contributed by atoms with Crippen molar-refractivity contribution in [3.63, 3.8) is 0 Å². The molecule has 1 aliphatic heterocycles. The molecule has 0 saturated heterocycles. The Morgan fingerprint density at radius 1 is 1.26 bits per heavy atom. The number of likely N-dealkylation sites (N-methyl/N-ethyl adjacent to an activating group) is 1. The smallest absolute Gasteiger partial charge is 0.405 e. The van der Waals surface area contributed by atoms with Crippen LogP contribution in [0, 0.1) is 0 Å². The average molecular weight is 407 g/mol. The van der Waals surface area contributed by atoms with Gasteiger partial charge in [-0.1, -0.05) is 11.6 Å². The van der Waals surface area contributed by atoms with Gasteiger partial charge in [0, 0.05) is 26.6 Å². The fourth-order valence-corrected chi connectivity index (χ4v) is 2.35. The lowest BCUT2D eigenvalue weighted by Crippen LogP contribution is -2.41. The zero-order chi connectivity index (χ0) is 20.4. The minimum Gasteiger partial charge on any atom is -0.405 e. The Balaban J connectivity index is 2.41. The van der Waals surface area contributed by atoms with Crippen molar-refractivity contribution in [1.29, 1.82) is 0 Å². The average Bonchev–Trinajstić information content (AvgIpc) is 2.95. The second kappa shape index (κ2) is 7.47. The van der Waals surface area contributed by atoms with Crippen LogP contribution in [-0.2, 0) is 11.2 Å². The molecule has 0 bridgehead atoms. The number of rotatable bonds is 5. The lowest BCUT2D eigenvalue weighted by Gasteiger charge is -2.20. The van der Waals surface area contributed by atoms with Crippen molar-refractivity contribution < 1.29 is 27.5 Å². The van der Waals surface area contributed by atoms with Gasteiger partial charge >= 0.3 is 6.36 Å². The van der Waals surface area contributed by atoms with Crippen LogP contribution in [0.15, 0.2) is 32.8 Å². The Morgan fingerprint density at radius 3 is 2.37 bits per heavy atom. The second-order valence-corrected chi connectivity index (χ2v) is 6.15. The molecule has 0 aromatic heterocycles. The molecule has 0 atom stereocenters. The third kappa shape index (κ3) is 5.12. The molecule has 1 aromatic rings. The molecular formula is C14H14ClF3N6O3. The monoisotopic (exact) mass is 406 g/mol. The highest BCUT2D eigenvalue weighted by Gasteiger charge is 2.35. The fourth-order valence-electron chi connectivity index (χ4n) is 2.04. The third-order valence-electron chi connectivity index (χ3n) is 3.37. The highest BCUT2D eigenvalue weighted by Crippen LogP contribution is 2.34. The zero-order valence-electron chi connectivity index (χ0n) is 14.3. The van der Waals surface area contributed by atoms with E-state index in [1.165, 1.54) is 25.9 Å². The summed E-state index contributed by atoms with van der Waals surface area (Å²) in [5.41, 5.74) is -0.466. The predicted molar refractivity (Wildman–Crippen MR) is 86.1 cm³/mol. The zero-order valence-corrected chi connectivity index (χ0v) is 15.1. The molecule has 1 heterocycles. The van der Waals surface area contributed by atoms with Crippen LogP contribution in [0.5, 0.6) is 5.75 Å². The number of carbonyl (C=O) groups excluding carboxylic acids is 2. The largest absolute Gasteiger partial charge is 0.573 e. The van der Waals surface area contributed by atoms with E-state index >= 15 is 0 Å². The van der Waals surface area contributed by atoms with Crippen molar-refractivity contribution in [3.8, 4) is 5.75 Å². The standard InChI is InChI=1S/C14H14ClF3N6O3/c1-13(20-22-23-21-13)19-12(26)7-4-5-9(27-14(16,17)18)8(11(7)15)6-10(25)24(2)3/h4-5H,6H2,1-3H3,(H,19,26). The summed E-state index contributed by atoms with van der Waals surface area (Å²) in [5, 5.41) is 15.8. The van der Waals surface area contributed by atoms with Gasteiger partial charge in [-0.05, 0) is 22.6 Å². The molecule has 1 aromatic carbocycles. The van der Waals surface area contributed by atoms with Gasteiger partial charge in [-0.15, -0.1) is 23.4 Å². The van der Waals surface area contributed by atoms with Crippen molar-refractivity contribution in [2.24, 2.45) is 20.7 Å². The van der Waals surface area contributed by atoms with E-state index < -0.39 is 36.1 Å². The molecule has 146 valence electrons. The van der Waals surface area contributed by atoms with Crippen LogP contribution in [0.2, 0.25) is 5.02 Å². The van der Waals surface area contributed by atoms with E-state index in [1.807, 2.05) is 0 Å². The van der Waals surface area contributed by atoms with Crippen molar-refractivity contribution in [1.82, 2.24) is 10.2 Å². The third-order valence-corrected chi connectivity index (χ3v) is 3.80. The molecule has 0 spiro atoms. The number of hydrogen-bond donors (Lipinski definition) is 1. The Kier molecular flexibility index (Phi) is 5.68. The van der Waals surface area contributed by atoms with Crippen LogP contribution < -0.4 is 10.1 Å². The lowest BCUT2D eigenvalue weighted by molar-refractivity contribution is -0.274. The van der Waals surface area contributed by atoms with Crippen LogP contribution in [0.25, 0.3) is 0 Å².